The zero-order chi connectivity index (χ0) is 14.3. The van der Waals surface area contributed by atoms with Gasteiger partial charge in [-0.3, -0.25) is 4.79 Å². The van der Waals surface area contributed by atoms with Crippen LogP contribution in [0.2, 0.25) is 0 Å². The van der Waals surface area contributed by atoms with Crippen LogP contribution in [0.1, 0.15) is 29.3 Å². The topological polar surface area (TPSA) is 70.4 Å². The van der Waals surface area contributed by atoms with Crippen LogP contribution in [-0.4, -0.2) is 21.2 Å². The molecular formula is C14H12FNO3S. The molecule has 1 unspecified atom stereocenters. The molecular weight excluding hydrogens is 281 g/mol. The maximum atomic E-state index is 13.8. The first-order chi connectivity index (χ1) is 9.56. The summed E-state index contributed by atoms with van der Waals surface area (Å²) in [5.74, 6) is -2.17. The number of fused-ring (bicyclic) bond motifs is 1. The minimum atomic E-state index is -0.881. The van der Waals surface area contributed by atoms with Crippen LogP contribution < -0.4 is 0 Å². The Kier molecular flexibility index (Phi) is 3.17. The molecule has 104 valence electrons. The van der Waals surface area contributed by atoms with Crippen molar-refractivity contribution in [3.63, 3.8) is 0 Å². The number of benzene rings is 1. The Hall–Kier alpha value is -1.95. The number of carbonyl (C=O) groups is 1. The van der Waals surface area contributed by atoms with Crippen molar-refractivity contribution in [3.8, 4) is 16.3 Å². The number of aromatic hydroxyl groups is 1. The number of nitrogens with zero attached hydrogens (tertiary/aromatic N) is 1. The molecule has 4 nitrogen and oxygen atoms in total. The summed E-state index contributed by atoms with van der Waals surface area (Å²) in [6.45, 7) is 0. The predicted molar refractivity (Wildman–Crippen MR) is 72.5 cm³/mol. The van der Waals surface area contributed by atoms with Crippen molar-refractivity contribution >= 4 is 17.3 Å². The van der Waals surface area contributed by atoms with Gasteiger partial charge in [0.1, 0.15) is 16.6 Å². The van der Waals surface area contributed by atoms with Crippen LogP contribution in [0.3, 0.4) is 0 Å². The van der Waals surface area contributed by atoms with Crippen LogP contribution in [0.4, 0.5) is 4.39 Å². The molecule has 0 fully saturated rings. The monoisotopic (exact) mass is 293 g/mol. The highest BCUT2D eigenvalue weighted by Gasteiger charge is 2.30. The van der Waals surface area contributed by atoms with Gasteiger partial charge in [0.25, 0.3) is 0 Å². The van der Waals surface area contributed by atoms with Crippen LogP contribution in [0.15, 0.2) is 18.2 Å². The van der Waals surface area contributed by atoms with E-state index in [4.69, 9.17) is 0 Å². The molecule has 1 aromatic heterocycles. The van der Waals surface area contributed by atoms with Crippen LogP contribution in [-0.2, 0) is 11.2 Å². The number of carboxylic acid groups (broad SMARTS) is 1. The molecule has 1 aliphatic carbocycles. The maximum absolute atomic E-state index is 13.8. The number of carboxylic acids is 1. The Bertz CT molecular complexity index is 683. The van der Waals surface area contributed by atoms with Crippen molar-refractivity contribution in [2.24, 2.45) is 0 Å². The third kappa shape index (κ3) is 2.16. The molecule has 0 saturated carbocycles. The van der Waals surface area contributed by atoms with Gasteiger partial charge in [-0.1, -0.05) is 0 Å². The summed E-state index contributed by atoms with van der Waals surface area (Å²) in [7, 11) is 0. The highest BCUT2D eigenvalue weighted by molar-refractivity contribution is 7.15. The average Bonchev–Trinajstić information content (AvgIpc) is 2.81. The first-order valence-electron chi connectivity index (χ1n) is 6.27. The minimum absolute atomic E-state index is 0.143. The summed E-state index contributed by atoms with van der Waals surface area (Å²) < 4.78 is 13.8. The Morgan fingerprint density at radius 2 is 2.25 bits per heavy atom. The quantitative estimate of drug-likeness (QED) is 0.892. The van der Waals surface area contributed by atoms with E-state index in [0.29, 0.717) is 22.7 Å². The van der Waals surface area contributed by atoms with Crippen LogP contribution in [0.5, 0.6) is 5.75 Å². The molecule has 20 heavy (non-hydrogen) atoms. The second-order valence-corrected chi connectivity index (χ2v) is 5.86. The van der Waals surface area contributed by atoms with Gasteiger partial charge in [0.2, 0.25) is 0 Å². The summed E-state index contributed by atoms with van der Waals surface area (Å²) in [6.07, 6.45) is 2.17. The van der Waals surface area contributed by atoms with Gasteiger partial charge in [0, 0.05) is 16.5 Å². The van der Waals surface area contributed by atoms with E-state index in [1.165, 1.54) is 23.5 Å². The van der Waals surface area contributed by atoms with E-state index in [9.17, 15) is 19.4 Å². The zero-order valence-corrected chi connectivity index (χ0v) is 11.3. The van der Waals surface area contributed by atoms with Crippen molar-refractivity contribution in [2.45, 2.75) is 25.2 Å². The number of hydrogen-bond acceptors (Lipinski definition) is 4. The van der Waals surface area contributed by atoms with E-state index in [-0.39, 0.29) is 5.75 Å². The third-order valence-corrected chi connectivity index (χ3v) is 4.60. The van der Waals surface area contributed by atoms with E-state index in [2.05, 4.69) is 4.98 Å². The lowest BCUT2D eigenvalue weighted by atomic mass is 9.91. The fourth-order valence-electron chi connectivity index (χ4n) is 2.45. The molecule has 1 aromatic carbocycles. The highest BCUT2D eigenvalue weighted by Crippen LogP contribution is 2.39. The van der Waals surface area contributed by atoms with E-state index >= 15 is 0 Å². The van der Waals surface area contributed by atoms with Gasteiger partial charge >= 0.3 is 5.97 Å². The molecule has 0 amide bonds. The van der Waals surface area contributed by atoms with E-state index in [1.54, 1.807) is 0 Å². The molecule has 0 aliphatic heterocycles. The van der Waals surface area contributed by atoms with E-state index in [0.717, 1.165) is 23.8 Å². The number of phenols is 1. The smallest absolute Gasteiger partial charge is 0.312 e. The average molecular weight is 293 g/mol. The molecule has 1 atom stereocenters. The molecule has 3 rings (SSSR count). The molecule has 1 heterocycles. The Balaban J connectivity index is 2.07. The molecule has 1 aliphatic rings. The van der Waals surface area contributed by atoms with Gasteiger partial charge in [-0.05, 0) is 31.4 Å². The SMILES string of the molecule is O=C(O)C1CCCc2sc(-c3ccc(O)cc3F)nc21. The van der Waals surface area contributed by atoms with Crippen LogP contribution in [0.25, 0.3) is 10.6 Å². The largest absolute Gasteiger partial charge is 0.508 e. The van der Waals surface area contributed by atoms with Crippen molar-refractivity contribution in [1.82, 2.24) is 4.98 Å². The number of aliphatic carboxylic acids is 1. The number of hydrogen-bond donors (Lipinski definition) is 2. The molecule has 2 N–H and O–H groups in total. The normalized spacial score (nSPS) is 17.8. The van der Waals surface area contributed by atoms with Gasteiger partial charge in [-0.15, -0.1) is 11.3 Å². The number of rotatable bonds is 2. The summed E-state index contributed by atoms with van der Waals surface area (Å²) in [6, 6.07) is 3.89. The van der Waals surface area contributed by atoms with Crippen molar-refractivity contribution in [1.29, 1.82) is 0 Å². The summed E-state index contributed by atoms with van der Waals surface area (Å²) in [5.41, 5.74) is 0.863. The van der Waals surface area contributed by atoms with Crippen LogP contribution >= 0.6 is 11.3 Å². The number of phenolic OH excluding ortho intramolecular Hbond substituents is 1. The summed E-state index contributed by atoms with van der Waals surface area (Å²) >= 11 is 1.33. The van der Waals surface area contributed by atoms with Gasteiger partial charge in [-0.25, -0.2) is 9.37 Å². The Labute approximate surface area is 118 Å². The zero-order valence-electron chi connectivity index (χ0n) is 10.5. The first kappa shape index (κ1) is 13.1. The fourth-order valence-corrected chi connectivity index (χ4v) is 3.64. The summed E-state index contributed by atoms with van der Waals surface area (Å²) in [5, 5.41) is 18.9. The molecule has 0 bridgehead atoms. The number of halogens is 1. The van der Waals surface area contributed by atoms with E-state index < -0.39 is 17.7 Å². The van der Waals surface area contributed by atoms with E-state index in [1.807, 2.05) is 0 Å². The molecule has 2 aromatic rings. The lowest BCUT2D eigenvalue weighted by Crippen LogP contribution is -2.17. The van der Waals surface area contributed by atoms with Gasteiger partial charge in [0.05, 0.1) is 11.6 Å². The van der Waals surface area contributed by atoms with Gasteiger partial charge in [-0.2, -0.15) is 0 Å². The second kappa shape index (κ2) is 4.86. The molecule has 6 heteroatoms. The van der Waals surface area contributed by atoms with Gasteiger partial charge < -0.3 is 10.2 Å². The Morgan fingerprint density at radius 3 is 2.95 bits per heavy atom. The predicted octanol–water partition coefficient (Wildman–Crippen LogP) is 3.16. The molecule has 0 spiro atoms. The lowest BCUT2D eigenvalue weighted by Gasteiger charge is -2.16. The summed E-state index contributed by atoms with van der Waals surface area (Å²) in [4.78, 5) is 16.5. The standard InChI is InChI=1S/C14H12FNO3S/c15-10-6-7(17)4-5-8(10)13-16-12-9(14(18)19)2-1-3-11(12)20-13/h4-6,9,17H,1-3H2,(H,18,19). The minimum Gasteiger partial charge on any atom is -0.508 e. The van der Waals surface area contributed by atoms with Crippen molar-refractivity contribution in [2.75, 3.05) is 0 Å². The fraction of sp³-hybridized carbons (Fsp3) is 0.286. The lowest BCUT2D eigenvalue weighted by molar-refractivity contribution is -0.139. The number of thiazole rings is 1. The maximum Gasteiger partial charge on any atom is 0.312 e. The third-order valence-electron chi connectivity index (χ3n) is 3.44. The second-order valence-electron chi connectivity index (χ2n) is 4.77. The van der Waals surface area contributed by atoms with Gasteiger partial charge in [0.15, 0.2) is 0 Å². The van der Waals surface area contributed by atoms with Crippen molar-refractivity contribution < 1.29 is 19.4 Å². The van der Waals surface area contributed by atoms with Crippen molar-refractivity contribution in [3.05, 3.63) is 34.6 Å². The number of aryl methyl sites for hydroxylation is 1. The first-order valence-corrected chi connectivity index (χ1v) is 7.09. The molecule has 0 saturated heterocycles. The molecule has 0 radical (unpaired) electrons. The van der Waals surface area contributed by atoms with Crippen LogP contribution in [0, 0.1) is 5.82 Å². The highest BCUT2D eigenvalue weighted by atomic mass is 32.1. The Morgan fingerprint density at radius 1 is 1.45 bits per heavy atom. The number of aromatic nitrogens is 1.